The van der Waals surface area contributed by atoms with Crippen LogP contribution >= 0.6 is 0 Å². The van der Waals surface area contributed by atoms with Crippen molar-refractivity contribution in [2.75, 3.05) is 13.2 Å². The van der Waals surface area contributed by atoms with E-state index in [1.807, 2.05) is 0 Å². The number of hydrogen-bond donors (Lipinski definition) is 1. The first-order valence-electron chi connectivity index (χ1n) is 6.01. The fraction of sp³-hybridized carbons (Fsp3) is 0.462. The van der Waals surface area contributed by atoms with E-state index in [0.717, 1.165) is 5.56 Å². The highest BCUT2D eigenvalue weighted by atomic mass is 19.3. The van der Waals surface area contributed by atoms with Crippen LogP contribution in [0.1, 0.15) is 12.0 Å². The quantitative estimate of drug-likeness (QED) is 0.885. The van der Waals surface area contributed by atoms with Crippen LogP contribution in [0.3, 0.4) is 0 Å². The molecule has 1 N–H and O–H groups in total. The molecule has 1 aromatic carbocycles. The number of carbonyl (C=O) groups excluding carboxylic acids is 1. The molecule has 104 valence electrons. The molecular weight excluding hydrogens is 256 g/mol. The fourth-order valence-corrected chi connectivity index (χ4v) is 2.13. The highest BCUT2D eigenvalue weighted by Crippen LogP contribution is 2.21. The van der Waals surface area contributed by atoms with Gasteiger partial charge < -0.3 is 14.7 Å². The summed E-state index contributed by atoms with van der Waals surface area (Å²) in [6.45, 7) is -1.88. The Labute approximate surface area is 109 Å². The molecule has 1 fully saturated rings. The van der Waals surface area contributed by atoms with E-state index >= 15 is 0 Å². The smallest absolute Gasteiger partial charge is 0.387 e. The first kappa shape index (κ1) is 13.7. The van der Waals surface area contributed by atoms with Gasteiger partial charge in [-0.1, -0.05) is 12.1 Å². The fourth-order valence-electron chi connectivity index (χ4n) is 2.13. The number of aliphatic hydroxyl groups excluding tert-OH is 1. The van der Waals surface area contributed by atoms with E-state index in [0.29, 0.717) is 19.5 Å². The van der Waals surface area contributed by atoms with Crippen LogP contribution in [-0.2, 0) is 11.3 Å². The predicted octanol–water partition coefficient (Wildman–Crippen LogP) is 1.63. The zero-order chi connectivity index (χ0) is 13.8. The van der Waals surface area contributed by atoms with Gasteiger partial charge >= 0.3 is 6.61 Å². The minimum absolute atomic E-state index is 0.00338. The Bertz CT molecular complexity index is 436. The first-order valence-corrected chi connectivity index (χ1v) is 6.01. The number of halogens is 2. The normalized spacial score (nSPS) is 19.3. The summed E-state index contributed by atoms with van der Waals surface area (Å²) in [5, 5.41) is 9.02. The molecule has 1 amide bonds. The molecule has 2 rings (SSSR count). The number of carbonyl (C=O) groups is 1. The average molecular weight is 271 g/mol. The van der Waals surface area contributed by atoms with Gasteiger partial charge in [-0.25, -0.2) is 0 Å². The third-order valence-electron chi connectivity index (χ3n) is 3.07. The van der Waals surface area contributed by atoms with E-state index in [2.05, 4.69) is 4.74 Å². The minimum atomic E-state index is -2.84. The lowest BCUT2D eigenvalue weighted by Crippen LogP contribution is -2.24. The van der Waals surface area contributed by atoms with Gasteiger partial charge in [0.25, 0.3) is 0 Å². The molecule has 1 heterocycles. The predicted molar refractivity (Wildman–Crippen MR) is 63.7 cm³/mol. The van der Waals surface area contributed by atoms with E-state index in [1.54, 1.807) is 17.0 Å². The Balaban J connectivity index is 1.94. The molecule has 0 bridgehead atoms. The molecule has 0 aromatic heterocycles. The van der Waals surface area contributed by atoms with Gasteiger partial charge in [0.05, 0.1) is 0 Å². The Morgan fingerprint density at radius 1 is 1.37 bits per heavy atom. The molecule has 19 heavy (non-hydrogen) atoms. The van der Waals surface area contributed by atoms with Crippen LogP contribution < -0.4 is 4.74 Å². The number of ether oxygens (including phenoxy) is 1. The number of aliphatic hydroxyl groups is 1. The van der Waals surface area contributed by atoms with Crippen LogP contribution in [0.25, 0.3) is 0 Å². The van der Waals surface area contributed by atoms with E-state index in [-0.39, 0.29) is 24.2 Å². The molecule has 1 aliphatic rings. The summed E-state index contributed by atoms with van der Waals surface area (Å²) in [4.78, 5) is 13.3. The van der Waals surface area contributed by atoms with Gasteiger partial charge in [0.2, 0.25) is 5.91 Å². The summed E-state index contributed by atoms with van der Waals surface area (Å²) in [6, 6.07) is 6.20. The van der Waals surface area contributed by atoms with E-state index < -0.39 is 6.61 Å². The van der Waals surface area contributed by atoms with Crippen LogP contribution in [-0.4, -0.2) is 35.7 Å². The summed E-state index contributed by atoms with van der Waals surface area (Å²) in [5.74, 6) is 0.0978. The maximum atomic E-state index is 12.0. The second-order valence-electron chi connectivity index (χ2n) is 4.55. The van der Waals surface area contributed by atoms with Gasteiger partial charge in [-0.05, 0) is 17.7 Å². The molecule has 0 aliphatic carbocycles. The molecule has 1 aromatic rings. The number of nitrogens with zero attached hydrogens (tertiary/aromatic N) is 1. The summed E-state index contributed by atoms with van der Waals surface area (Å²) in [7, 11) is 0. The molecule has 0 radical (unpaired) electrons. The maximum absolute atomic E-state index is 12.0. The average Bonchev–Trinajstić information content (AvgIpc) is 2.72. The molecule has 1 saturated heterocycles. The number of hydrogen-bond acceptors (Lipinski definition) is 3. The van der Waals surface area contributed by atoms with E-state index in [1.165, 1.54) is 12.1 Å². The Kier molecular flexibility index (Phi) is 4.31. The second-order valence-corrected chi connectivity index (χ2v) is 4.55. The van der Waals surface area contributed by atoms with Crippen molar-refractivity contribution in [1.82, 2.24) is 4.90 Å². The molecule has 0 spiro atoms. The van der Waals surface area contributed by atoms with Gasteiger partial charge in [0, 0.05) is 32.0 Å². The molecular formula is C13H15F2NO3. The van der Waals surface area contributed by atoms with Crippen LogP contribution in [0.5, 0.6) is 5.75 Å². The van der Waals surface area contributed by atoms with Crippen molar-refractivity contribution in [3.63, 3.8) is 0 Å². The van der Waals surface area contributed by atoms with Crippen LogP contribution in [0.4, 0.5) is 8.78 Å². The number of benzene rings is 1. The highest BCUT2D eigenvalue weighted by Gasteiger charge is 2.28. The number of amides is 1. The van der Waals surface area contributed by atoms with Crippen molar-refractivity contribution < 1.29 is 23.4 Å². The SMILES string of the molecule is O=C1CC(CO)CN1Cc1ccc(OC(F)F)cc1. The third kappa shape index (κ3) is 3.64. The summed E-state index contributed by atoms with van der Waals surface area (Å²) >= 11 is 0. The Hall–Kier alpha value is -1.69. The maximum Gasteiger partial charge on any atom is 0.387 e. The summed E-state index contributed by atoms with van der Waals surface area (Å²) < 4.78 is 28.2. The van der Waals surface area contributed by atoms with Crippen molar-refractivity contribution in [3.8, 4) is 5.75 Å². The lowest BCUT2D eigenvalue weighted by atomic mass is 10.1. The molecule has 1 aliphatic heterocycles. The van der Waals surface area contributed by atoms with Gasteiger partial charge in [-0.3, -0.25) is 4.79 Å². The third-order valence-corrected chi connectivity index (χ3v) is 3.07. The molecule has 6 heteroatoms. The van der Waals surface area contributed by atoms with E-state index in [4.69, 9.17) is 5.11 Å². The molecule has 1 unspecified atom stereocenters. The largest absolute Gasteiger partial charge is 0.435 e. The second kappa shape index (κ2) is 5.97. The van der Waals surface area contributed by atoms with Gasteiger partial charge in [0.15, 0.2) is 0 Å². The minimum Gasteiger partial charge on any atom is -0.435 e. The van der Waals surface area contributed by atoms with Crippen molar-refractivity contribution in [2.45, 2.75) is 19.6 Å². The summed E-state index contributed by atoms with van der Waals surface area (Å²) in [5.41, 5.74) is 0.841. The lowest BCUT2D eigenvalue weighted by Gasteiger charge is -2.16. The van der Waals surface area contributed by atoms with Gasteiger partial charge in [-0.15, -0.1) is 0 Å². The molecule has 1 atom stereocenters. The van der Waals surface area contributed by atoms with Gasteiger partial charge in [-0.2, -0.15) is 8.78 Å². The lowest BCUT2D eigenvalue weighted by molar-refractivity contribution is -0.128. The number of likely N-dealkylation sites (tertiary alicyclic amines) is 1. The van der Waals surface area contributed by atoms with Crippen LogP contribution in [0, 0.1) is 5.92 Å². The van der Waals surface area contributed by atoms with Crippen LogP contribution in [0.2, 0.25) is 0 Å². The monoisotopic (exact) mass is 271 g/mol. The zero-order valence-electron chi connectivity index (χ0n) is 10.3. The van der Waals surface area contributed by atoms with Crippen molar-refractivity contribution >= 4 is 5.91 Å². The first-order chi connectivity index (χ1) is 9.08. The highest BCUT2D eigenvalue weighted by molar-refractivity contribution is 5.78. The molecule has 0 saturated carbocycles. The Morgan fingerprint density at radius 2 is 2.05 bits per heavy atom. The standard InChI is InChI=1S/C13H15F2NO3/c14-13(15)19-11-3-1-9(2-4-11)6-16-7-10(8-17)5-12(16)18/h1-4,10,13,17H,5-8H2. The zero-order valence-corrected chi connectivity index (χ0v) is 10.3. The van der Waals surface area contributed by atoms with Gasteiger partial charge in [0.1, 0.15) is 5.75 Å². The van der Waals surface area contributed by atoms with Crippen molar-refractivity contribution in [1.29, 1.82) is 0 Å². The van der Waals surface area contributed by atoms with Crippen LogP contribution in [0.15, 0.2) is 24.3 Å². The van der Waals surface area contributed by atoms with Crippen molar-refractivity contribution in [2.24, 2.45) is 5.92 Å². The van der Waals surface area contributed by atoms with Crippen molar-refractivity contribution in [3.05, 3.63) is 29.8 Å². The van der Waals surface area contributed by atoms with E-state index in [9.17, 15) is 13.6 Å². The molecule has 4 nitrogen and oxygen atoms in total. The topological polar surface area (TPSA) is 49.8 Å². The number of alkyl halides is 2. The Morgan fingerprint density at radius 3 is 2.58 bits per heavy atom. The summed E-state index contributed by atoms with van der Waals surface area (Å²) in [6.07, 6.45) is 0.364. The number of rotatable bonds is 5.